The van der Waals surface area contributed by atoms with E-state index in [1.54, 1.807) is 23.6 Å². The summed E-state index contributed by atoms with van der Waals surface area (Å²) in [5.41, 5.74) is 9.86. The summed E-state index contributed by atoms with van der Waals surface area (Å²) in [6, 6.07) is 8.28. The van der Waals surface area contributed by atoms with Crippen LogP contribution in [0.4, 0.5) is 11.4 Å². The third kappa shape index (κ3) is 6.65. The molecule has 31 heavy (non-hydrogen) atoms. The first-order chi connectivity index (χ1) is 14.8. The minimum absolute atomic E-state index is 0.277. The van der Waals surface area contributed by atoms with Crippen LogP contribution in [-0.2, 0) is 0 Å². The molecule has 0 saturated carbocycles. The molecule has 7 nitrogen and oxygen atoms in total. The number of piperazine rings is 1. The fourth-order valence-electron chi connectivity index (χ4n) is 3.60. The fraction of sp³-hybridized carbons (Fsp3) is 0.391. The molecule has 0 aliphatic carbocycles. The molecule has 0 spiro atoms. The van der Waals surface area contributed by atoms with E-state index in [1.807, 2.05) is 32.9 Å². The van der Waals surface area contributed by atoms with E-state index < -0.39 is 0 Å². The van der Waals surface area contributed by atoms with Crippen LogP contribution in [0.2, 0.25) is 0 Å². The molecular weight excluding hydrogens is 408 g/mol. The molecule has 0 radical (unpaired) electrons. The van der Waals surface area contributed by atoms with Crippen molar-refractivity contribution in [3.8, 4) is 0 Å². The smallest absolute Gasteiger partial charge is 0.122 e. The van der Waals surface area contributed by atoms with Crippen molar-refractivity contribution in [3.05, 3.63) is 58.3 Å². The van der Waals surface area contributed by atoms with Gasteiger partial charge in [0.25, 0.3) is 0 Å². The Hall–Kier alpha value is -2.68. The number of nitrogens with zero attached hydrogens (tertiary/aromatic N) is 4. The zero-order chi connectivity index (χ0) is 22.4. The number of β-amino-alcohol motifs (C(OH)–C–C–N with tert-alkyl or cyclic N) is 1. The van der Waals surface area contributed by atoms with Crippen molar-refractivity contribution in [1.82, 2.24) is 9.88 Å². The number of hydrogen-bond donors (Lipinski definition) is 3. The molecule has 1 aromatic carbocycles. The second-order valence-corrected chi connectivity index (χ2v) is 9.01. The van der Waals surface area contributed by atoms with Gasteiger partial charge in [0.1, 0.15) is 5.82 Å². The lowest BCUT2D eigenvalue weighted by atomic mass is 10.2. The average molecular weight is 441 g/mol. The van der Waals surface area contributed by atoms with Gasteiger partial charge >= 0.3 is 0 Å². The van der Waals surface area contributed by atoms with E-state index in [1.165, 1.54) is 5.69 Å². The third-order valence-corrected chi connectivity index (χ3v) is 6.19. The summed E-state index contributed by atoms with van der Waals surface area (Å²) < 4.78 is 0. The summed E-state index contributed by atoms with van der Waals surface area (Å²) in [5, 5.41) is 13.7. The second-order valence-electron chi connectivity index (χ2n) is 7.80. The van der Waals surface area contributed by atoms with Crippen LogP contribution in [0.25, 0.3) is 5.70 Å². The predicted octanol–water partition coefficient (Wildman–Crippen LogP) is 3.22. The summed E-state index contributed by atoms with van der Waals surface area (Å²) in [5.74, 6) is 0.542. The van der Waals surface area contributed by atoms with E-state index in [0.717, 1.165) is 54.0 Å². The molecule has 0 bridgehead atoms. The molecule has 1 aliphatic heterocycles. The van der Waals surface area contributed by atoms with Gasteiger partial charge in [0.15, 0.2) is 0 Å². The number of thiazole rings is 1. The zero-order valence-corrected chi connectivity index (χ0v) is 19.3. The minimum atomic E-state index is -0.277. The number of allylic oxidation sites excluding steroid dienone is 1. The Morgan fingerprint density at radius 2 is 1.97 bits per heavy atom. The maximum Gasteiger partial charge on any atom is 0.122 e. The van der Waals surface area contributed by atoms with Gasteiger partial charge in [0.2, 0.25) is 0 Å². The number of aromatic nitrogens is 1. The van der Waals surface area contributed by atoms with E-state index in [-0.39, 0.29) is 6.10 Å². The molecule has 1 aromatic heterocycles. The molecule has 2 aromatic rings. The van der Waals surface area contributed by atoms with Crippen LogP contribution in [0.5, 0.6) is 0 Å². The number of aryl methyl sites for hydroxylation is 2. The highest BCUT2D eigenvalue weighted by molar-refractivity contribution is 7.12. The minimum Gasteiger partial charge on any atom is -0.397 e. The monoisotopic (exact) mass is 440 g/mol. The van der Waals surface area contributed by atoms with Crippen molar-refractivity contribution < 1.29 is 5.11 Å². The molecule has 1 aliphatic rings. The zero-order valence-electron chi connectivity index (χ0n) is 18.5. The Morgan fingerprint density at radius 3 is 2.55 bits per heavy atom. The lowest BCUT2D eigenvalue weighted by Crippen LogP contribution is -2.48. The molecule has 8 heteroatoms. The van der Waals surface area contributed by atoms with Gasteiger partial charge in [0, 0.05) is 50.3 Å². The summed E-state index contributed by atoms with van der Waals surface area (Å²) in [4.78, 5) is 14.4. The van der Waals surface area contributed by atoms with Crippen molar-refractivity contribution in [2.45, 2.75) is 26.9 Å². The van der Waals surface area contributed by atoms with Crippen LogP contribution >= 0.6 is 11.3 Å². The maximum atomic E-state index is 9.54. The quantitative estimate of drug-likeness (QED) is 0.546. The lowest BCUT2D eigenvalue weighted by Gasteiger charge is -2.36. The number of aliphatic imine (C=N–C) groups is 1. The van der Waals surface area contributed by atoms with Crippen LogP contribution in [-0.4, -0.2) is 60.0 Å². The van der Waals surface area contributed by atoms with Gasteiger partial charge in [-0.3, -0.25) is 4.90 Å². The molecule has 166 valence electrons. The molecule has 2 heterocycles. The number of nitrogens with one attached hydrogen (secondary N) is 1. The molecule has 0 amide bonds. The molecule has 1 atom stereocenters. The van der Waals surface area contributed by atoms with E-state index in [9.17, 15) is 5.11 Å². The highest BCUT2D eigenvalue weighted by Crippen LogP contribution is 2.22. The summed E-state index contributed by atoms with van der Waals surface area (Å²) in [6.07, 6.45) is 3.15. The van der Waals surface area contributed by atoms with Crippen molar-refractivity contribution >= 4 is 34.6 Å². The summed E-state index contributed by atoms with van der Waals surface area (Å²) >= 11 is 1.58. The van der Waals surface area contributed by atoms with Crippen molar-refractivity contribution in [1.29, 1.82) is 0 Å². The number of anilines is 2. The van der Waals surface area contributed by atoms with Gasteiger partial charge in [-0.05, 0) is 51.1 Å². The highest BCUT2D eigenvalue weighted by atomic mass is 32.1. The first-order valence-electron chi connectivity index (χ1n) is 10.5. The first kappa shape index (κ1) is 23.0. The van der Waals surface area contributed by atoms with E-state index >= 15 is 0 Å². The maximum absolute atomic E-state index is 9.54. The normalized spacial score (nSPS) is 16.6. The van der Waals surface area contributed by atoms with E-state index in [2.05, 4.69) is 43.8 Å². The van der Waals surface area contributed by atoms with Crippen LogP contribution in [0, 0.1) is 13.8 Å². The summed E-state index contributed by atoms with van der Waals surface area (Å²) in [6.45, 7) is 14.3. The number of rotatable bonds is 8. The summed E-state index contributed by atoms with van der Waals surface area (Å²) in [7, 11) is 0. The average Bonchev–Trinajstić information content (AvgIpc) is 3.07. The number of benzene rings is 1. The molecule has 3 rings (SSSR count). The number of hydrogen-bond acceptors (Lipinski definition) is 8. The van der Waals surface area contributed by atoms with Crippen molar-refractivity contribution in [2.24, 2.45) is 10.7 Å². The van der Waals surface area contributed by atoms with E-state index in [4.69, 9.17) is 5.73 Å². The number of aliphatic hydroxyl groups is 1. The van der Waals surface area contributed by atoms with Crippen molar-refractivity contribution in [2.75, 3.05) is 42.9 Å². The Bertz CT molecular complexity index is 939. The van der Waals surface area contributed by atoms with Gasteiger partial charge < -0.3 is 21.1 Å². The Kier molecular flexibility index (Phi) is 7.84. The van der Waals surface area contributed by atoms with Crippen LogP contribution in [0.3, 0.4) is 0 Å². The topological polar surface area (TPSA) is 90.0 Å². The molecule has 1 saturated heterocycles. The van der Waals surface area contributed by atoms with Gasteiger partial charge in [-0.15, -0.1) is 11.3 Å². The van der Waals surface area contributed by atoms with Gasteiger partial charge in [0.05, 0.1) is 27.4 Å². The lowest BCUT2D eigenvalue weighted by molar-refractivity contribution is 0.123. The molecular formula is C23H32N6OS. The number of nitrogens with two attached hydrogens (primary N) is 1. The van der Waals surface area contributed by atoms with Crippen LogP contribution in [0.1, 0.15) is 22.5 Å². The number of aliphatic hydroxyl groups excluding tert-OH is 1. The van der Waals surface area contributed by atoms with Crippen LogP contribution < -0.4 is 16.0 Å². The van der Waals surface area contributed by atoms with E-state index in [0.29, 0.717) is 11.5 Å². The molecule has 1 unspecified atom stereocenters. The Morgan fingerprint density at radius 1 is 1.29 bits per heavy atom. The van der Waals surface area contributed by atoms with Crippen molar-refractivity contribution in [3.63, 3.8) is 0 Å². The molecule has 1 fully saturated rings. The molecule has 4 N–H and O–H groups in total. The third-order valence-electron chi connectivity index (χ3n) is 5.07. The van der Waals surface area contributed by atoms with Gasteiger partial charge in [-0.25, -0.2) is 9.98 Å². The standard InChI is InChI=1S/C23H32N6OS/c1-16(30)15-28-11-13-29(14-12-28)21-7-5-20(6-8-21)27-18(3)25-10-9-22(24)23-17(2)26-19(4)31-23/h5-10,16,27,30H,3,11-15,24H2,1-2,4H3/b22-9-,25-10-. The first-order valence-corrected chi connectivity index (χ1v) is 11.3. The predicted molar refractivity (Wildman–Crippen MR) is 132 cm³/mol. The van der Waals surface area contributed by atoms with Crippen LogP contribution in [0.15, 0.2) is 47.7 Å². The Balaban J connectivity index is 1.50. The highest BCUT2D eigenvalue weighted by Gasteiger charge is 2.18. The second kappa shape index (κ2) is 10.6. The largest absolute Gasteiger partial charge is 0.397 e. The van der Waals surface area contributed by atoms with Gasteiger partial charge in [-0.2, -0.15) is 0 Å². The fourth-order valence-corrected chi connectivity index (χ4v) is 4.46. The van der Waals surface area contributed by atoms with Gasteiger partial charge in [-0.1, -0.05) is 6.58 Å². The Labute approximate surface area is 188 Å². The SMILES string of the molecule is C=C(/N=C\C=C(/N)c1sc(C)nc1C)Nc1ccc(N2CCN(CC(C)O)CC2)cc1.